The average Bonchev–Trinajstić information content (AvgIpc) is 3.23. The third kappa shape index (κ3) is 4.01. The van der Waals surface area contributed by atoms with Crippen LogP contribution in [0.1, 0.15) is 45.1 Å². The SMILES string of the molecule is O=C1CC(c2ccccc2OCc2ccccn2)c2c(ccc3c2O/C(=C\c2cccnc2)C3=O)O1. The number of carbonyl (C=O) groups excluding carboxylic acids is 2. The second-order valence-corrected chi connectivity index (χ2v) is 8.46. The molecule has 0 aliphatic carbocycles. The van der Waals surface area contributed by atoms with Gasteiger partial charge in [-0.05, 0) is 48.0 Å². The predicted octanol–water partition coefficient (Wildman–Crippen LogP) is 5.11. The minimum absolute atomic E-state index is 0.0899. The summed E-state index contributed by atoms with van der Waals surface area (Å²) in [6.07, 6.45) is 6.78. The molecule has 176 valence electrons. The van der Waals surface area contributed by atoms with Gasteiger partial charge in [0.1, 0.15) is 23.9 Å². The van der Waals surface area contributed by atoms with E-state index in [9.17, 15) is 9.59 Å². The molecule has 4 heterocycles. The molecule has 6 rings (SSSR count). The third-order valence-corrected chi connectivity index (χ3v) is 6.16. The van der Waals surface area contributed by atoms with Gasteiger partial charge in [-0.1, -0.05) is 30.3 Å². The number of pyridine rings is 2. The summed E-state index contributed by atoms with van der Waals surface area (Å²) in [4.78, 5) is 34.1. The van der Waals surface area contributed by atoms with Gasteiger partial charge in [0.2, 0.25) is 5.78 Å². The van der Waals surface area contributed by atoms with Crippen LogP contribution in [0.2, 0.25) is 0 Å². The Bertz CT molecular complexity index is 1500. The number of ketones is 1. The molecule has 2 aromatic heterocycles. The van der Waals surface area contributed by atoms with E-state index < -0.39 is 5.92 Å². The van der Waals surface area contributed by atoms with Crippen molar-refractivity contribution in [2.75, 3.05) is 0 Å². The highest BCUT2D eigenvalue weighted by Crippen LogP contribution is 2.50. The Morgan fingerprint density at radius 3 is 2.67 bits per heavy atom. The van der Waals surface area contributed by atoms with Gasteiger partial charge in [0.05, 0.1) is 17.7 Å². The number of nitrogens with zero attached hydrogens (tertiary/aromatic N) is 2. The molecular weight excluding hydrogens is 456 g/mol. The molecule has 0 spiro atoms. The quantitative estimate of drug-likeness (QED) is 0.225. The molecule has 0 saturated heterocycles. The van der Waals surface area contributed by atoms with Crippen molar-refractivity contribution in [1.82, 2.24) is 9.97 Å². The van der Waals surface area contributed by atoms with Crippen molar-refractivity contribution in [3.8, 4) is 17.2 Å². The monoisotopic (exact) mass is 476 g/mol. The van der Waals surface area contributed by atoms with E-state index in [2.05, 4.69) is 9.97 Å². The molecule has 0 N–H and O–H groups in total. The van der Waals surface area contributed by atoms with Crippen molar-refractivity contribution in [1.29, 1.82) is 0 Å². The fourth-order valence-electron chi connectivity index (χ4n) is 4.52. The highest BCUT2D eigenvalue weighted by atomic mass is 16.5. The topological polar surface area (TPSA) is 87.6 Å². The van der Waals surface area contributed by atoms with Gasteiger partial charge in [0.15, 0.2) is 5.76 Å². The Kier molecular flexibility index (Phi) is 5.50. The first-order chi connectivity index (χ1) is 17.7. The maximum absolute atomic E-state index is 13.2. The van der Waals surface area contributed by atoms with E-state index in [0.29, 0.717) is 28.4 Å². The molecule has 4 aromatic rings. The highest BCUT2D eigenvalue weighted by molar-refractivity contribution is 6.15. The van der Waals surface area contributed by atoms with Crippen LogP contribution < -0.4 is 14.2 Å². The van der Waals surface area contributed by atoms with E-state index in [1.54, 1.807) is 42.9 Å². The molecule has 2 aliphatic heterocycles. The zero-order chi connectivity index (χ0) is 24.5. The molecular formula is C29H20N2O5. The number of aromatic nitrogens is 2. The standard InChI is InChI=1S/C29H20N2O5/c32-26-15-22(20-8-1-2-9-23(20)34-17-19-7-3-4-13-31-19)27-24(35-26)11-10-21-28(33)25(36-29(21)27)14-18-6-5-12-30-16-18/h1-14,16,22H,15,17H2/b25-14-. The normalized spacial score (nSPS) is 17.2. The first-order valence-electron chi connectivity index (χ1n) is 11.5. The molecule has 7 nitrogen and oxygen atoms in total. The van der Waals surface area contributed by atoms with E-state index in [1.807, 2.05) is 48.5 Å². The number of carbonyl (C=O) groups is 2. The molecule has 36 heavy (non-hydrogen) atoms. The van der Waals surface area contributed by atoms with Gasteiger partial charge < -0.3 is 14.2 Å². The Labute approximate surface area is 207 Å². The van der Waals surface area contributed by atoms with Crippen LogP contribution in [-0.4, -0.2) is 21.7 Å². The molecule has 2 aromatic carbocycles. The van der Waals surface area contributed by atoms with E-state index in [0.717, 1.165) is 16.8 Å². The number of Topliss-reactive ketones (excluding diaryl/α,β-unsaturated/α-hetero) is 1. The van der Waals surface area contributed by atoms with E-state index in [4.69, 9.17) is 14.2 Å². The van der Waals surface area contributed by atoms with E-state index in [-0.39, 0.29) is 30.5 Å². The first kappa shape index (κ1) is 21.7. The summed E-state index contributed by atoms with van der Waals surface area (Å²) >= 11 is 0. The lowest BCUT2D eigenvalue weighted by Crippen LogP contribution is -2.22. The van der Waals surface area contributed by atoms with Crippen molar-refractivity contribution in [2.45, 2.75) is 18.9 Å². The summed E-state index contributed by atoms with van der Waals surface area (Å²) in [5.74, 6) is 0.606. The molecule has 2 aliphatic rings. The highest BCUT2D eigenvalue weighted by Gasteiger charge is 2.39. The van der Waals surface area contributed by atoms with Gasteiger partial charge in [-0.25, -0.2) is 0 Å². The number of rotatable bonds is 5. The van der Waals surface area contributed by atoms with Crippen LogP contribution in [0.4, 0.5) is 0 Å². The van der Waals surface area contributed by atoms with Crippen molar-refractivity contribution >= 4 is 17.8 Å². The Morgan fingerprint density at radius 2 is 1.83 bits per heavy atom. The van der Waals surface area contributed by atoms with Crippen LogP contribution in [0.5, 0.6) is 17.2 Å². The summed E-state index contributed by atoms with van der Waals surface area (Å²) in [6, 6.07) is 20.1. The fraction of sp³-hybridized carbons (Fsp3) is 0.103. The molecule has 0 amide bonds. The van der Waals surface area contributed by atoms with Crippen molar-refractivity contribution < 1.29 is 23.8 Å². The lowest BCUT2D eigenvalue weighted by molar-refractivity contribution is -0.135. The molecule has 0 radical (unpaired) electrons. The van der Waals surface area contributed by atoms with E-state index >= 15 is 0 Å². The number of para-hydroxylation sites is 1. The number of benzene rings is 2. The van der Waals surface area contributed by atoms with E-state index in [1.165, 1.54) is 0 Å². The summed E-state index contributed by atoms with van der Waals surface area (Å²) in [5, 5.41) is 0. The molecule has 0 bridgehead atoms. The Hall–Kier alpha value is -4.78. The number of esters is 1. The van der Waals surface area contributed by atoms with Gasteiger partial charge >= 0.3 is 5.97 Å². The van der Waals surface area contributed by atoms with Gasteiger partial charge in [-0.3, -0.25) is 19.6 Å². The minimum Gasteiger partial charge on any atom is -0.487 e. The second kappa shape index (κ2) is 9.11. The van der Waals surface area contributed by atoms with Gasteiger partial charge in [-0.2, -0.15) is 0 Å². The molecule has 0 fully saturated rings. The largest absolute Gasteiger partial charge is 0.487 e. The number of allylic oxidation sites excluding steroid dienone is 1. The van der Waals surface area contributed by atoms with Crippen LogP contribution in [0.3, 0.4) is 0 Å². The number of hydrogen-bond acceptors (Lipinski definition) is 7. The van der Waals surface area contributed by atoms with Crippen LogP contribution in [-0.2, 0) is 11.4 Å². The fourth-order valence-corrected chi connectivity index (χ4v) is 4.52. The first-order valence-corrected chi connectivity index (χ1v) is 11.5. The van der Waals surface area contributed by atoms with Crippen LogP contribution in [0.15, 0.2) is 91.1 Å². The van der Waals surface area contributed by atoms with Crippen LogP contribution in [0, 0.1) is 0 Å². The van der Waals surface area contributed by atoms with Crippen molar-refractivity contribution in [3.63, 3.8) is 0 Å². The Balaban J connectivity index is 1.40. The van der Waals surface area contributed by atoms with Crippen molar-refractivity contribution in [3.05, 3.63) is 119 Å². The van der Waals surface area contributed by atoms with Gasteiger partial charge in [0.25, 0.3) is 0 Å². The minimum atomic E-state index is -0.415. The number of ether oxygens (including phenoxy) is 3. The number of hydrogen-bond donors (Lipinski definition) is 0. The van der Waals surface area contributed by atoms with Crippen LogP contribution >= 0.6 is 0 Å². The lowest BCUT2D eigenvalue weighted by Gasteiger charge is -2.27. The maximum Gasteiger partial charge on any atom is 0.312 e. The Morgan fingerprint density at radius 1 is 0.944 bits per heavy atom. The molecule has 1 unspecified atom stereocenters. The lowest BCUT2D eigenvalue weighted by atomic mass is 9.84. The zero-order valence-electron chi connectivity index (χ0n) is 19.1. The summed E-state index contributed by atoms with van der Waals surface area (Å²) in [5.41, 5.74) is 3.43. The summed E-state index contributed by atoms with van der Waals surface area (Å²) < 4.78 is 17.8. The summed E-state index contributed by atoms with van der Waals surface area (Å²) in [7, 11) is 0. The second-order valence-electron chi connectivity index (χ2n) is 8.46. The average molecular weight is 476 g/mol. The van der Waals surface area contributed by atoms with Crippen molar-refractivity contribution in [2.24, 2.45) is 0 Å². The zero-order valence-corrected chi connectivity index (χ0v) is 19.1. The third-order valence-electron chi connectivity index (χ3n) is 6.16. The molecule has 0 saturated carbocycles. The van der Waals surface area contributed by atoms with Crippen LogP contribution in [0.25, 0.3) is 6.08 Å². The van der Waals surface area contributed by atoms with Gasteiger partial charge in [0, 0.05) is 35.6 Å². The number of fused-ring (bicyclic) bond motifs is 3. The maximum atomic E-state index is 13.2. The molecule has 1 atom stereocenters. The molecule has 7 heteroatoms. The summed E-state index contributed by atoms with van der Waals surface area (Å²) in [6.45, 7) is 0.280. The predicted molar refractivity (Wildman–Crippen MR) is 131 cm³/mol. The smallest absolute Gasteiger partial charge is 0.312 e. The van der Waals surface area contributed by atoms with Gasteiger partial charge in [-0.15, -0.1) is 0 Å².